The average Bonchev–Trinajstić information content (AvgIpc) is 2.85. The molecule has 3 amide bonds. The quantitative estimate of drug-likeness (QED) is 0.284. The van der Waals surface area contributed by atoms with Crippen molar-refractivity contribution in [3.05, 3.63) is 83.4 Å². The van der Waals surface area contributed by atoms with Crippen molar-refractivity contribution in [2.24, 2.45) is 5.10 Å². The number of aryl methyl sites for hydroxylation is 1. The molecule has 0 aliphatic rings. The summed E-state index contributed by atoms with van der Waals surface area (Å²) in [6.45, 7) is 1.94. The molecule has 0 saturated heterocycles. The van der Waals surface area contributed by atoms with Crippen LogP contribution in [0.15, 0.2) is 71.8 Å². The Balaban J connectivity index is 1.65. The molecular formula is C25H24N4O5. The van der Waals surface area contributed by atoms with E-state index in [1.54, 1.807) is 48.5 Å². The maximum atomic E-state index is 12.7. The highest BCUT2D eigenvalue weighted by Crippen LogP contribution is 2.22. The molecule has 0 saturated carbocycles. The Morgan fingerprint density at radius 1 is 0.853 bits per heavy atom. The minimum Gasteiger partial charge on any atom is -0.497 e. The van der Waals surface area contributed by atoms with Crippen molar-refractivity contribution < 1.29 is 23.9 Å². The van der Waals surface area contributed by atoms with Gasteiger partial charge < -0.3 is 20.1 Å². The molecule has 3 rings (SSSR count). The molecule has 0 aromatic heterocycles. The highest BCUT2D eigenvalue weighted by Gasteiger charge is 2.18. The van der Waals surface area contributed by atoms with E-state index in [2.05, 4.69) is 21.2 Å². The summed E-state index contributed by atoms with van der Waals surface area (Å²) in [7, 11) is 3.02. The van der Waals surface area contributed by atoms with Crippen molar-refractivity contribution in [3.63, 3.8) is 0 Å². The Kier molecular flexibility index (Phi) is 7.96. The maximum Gasteiger partial charge on any atom is 0.329 e. The van der Waals surface area contributed by atoms with Crippen molar-refractivity contribution in [2.45, 2.75) is 6.92 Å². The first-order valence-electron chi connectivity index (χ1n) is 10.2. The normalized spacial score (nSPS) is 10.4. The van der Waals surface area contributed by atoms with Crippen LogP contribution in [-0.2, 0) is 9.59 Å². The van der Waals surface area contributed by atoms with E-state index in [0.717, 1.165) is 5.56 Å². The van der Waals surface area contributed by atoms with Gasteiger partial charge in [0.15, 0.2) is 0 Å². The first-order chi connectivity index (χ1) is 16.4. The molecule has 0 bridgehead atoms. The molecule has 34 heavy (non-hydrogen) atoms. The fourth-order valence-electron chi connectivity index (χ4n) is 2.96. The predicted molar refractivity (Wildman–Crippen MR) is 129 cm³/mol. The lowest BCUT2D eigenvalue weighted by Crippen LogP contribution is -2.33. The van der Waals surface area contributed by atoms with Crippen LogP contribution in [0.4, 0.5) is 11.4 Å². The number of hydrogen-bond acceptors (Lipinski definition) is 6. The summed E-state index contributed by atoms with van der Waals surface area (Å²) in [4.78, 5) is 37.3. The number of ether oxygens (including phenoxy) is 2. The molecule has 0 heterocycles. The van der Waals surface area contributed by atoms with Crippen molar-refractivity contribution in [3.8, 4) is 11.5 Å². The summed E-state index contributed by atoms with van der Waals surface area (Å²) in [6.07, 6.45) is 1.33. The molecule has 0 spiro atoms. The number of hydrazone groups is 1. The summed E-state index contributed by atoms with van der Waals surface area (Å²) in [5.74, 6) is -1.33. The SMILES string of the molecule is COc1ccc(OC)c(/C=N/NC(=O)C(=O)Nc2ccccc2C(=O)Nc2ccc(C)cc2)c1. The molecule has 3 N–H and O–H groups in total. The van der Waals surface area contributed by atoms with Crippen LogP contribution in [0.1, 0.15) is 21.5 Å². The van der Waals surface area contributed by atoms with E-state index in [9.17, 15) is 14.4 Å². The molecular weight excluding hydrogens is 436 g/mol. The van der Waals surface area contributed by atoms with Gasteiger partial charge in [-0.2, -0.15) is 5.10 Å². The van der Waals surface area contributed by atoms with Crippen LogP contribution in [0.3, 0.4) is 0 Å². The van der Waals surface area contributed by atoms with Gasteiger partial charge in [-0.1, -0.05) is 29.8 Å². The molecule has 3 aromatic rings. The van der Waals surface area contributed by atoms with Gasteiger partial charge in [-0.3, -0.25) is 14.4 Å². The minimum absolute atomic E-state index is 0.186. The molecule has 9 heteroatoms. The number of amides is 3. The summed E-state index contributed by atoms with van der Waals surface area (Å²) < 4.78 is 10.4. The van der Waals surface area contributed by atoms with Crippen molar-refractivity contribution in [2.75, 3.05) is 24.9 Å². The molecule has 0 fully saturated rings. The molecule has 0 aliphatic heterocycles. The number of carbonyl (C=O) groups excluding carboxylic acids is 3. The number of anilines is 2. The van der Waals surface area contributed by atoms with Crippen LogP contribution in [0.2, 0.25) is 0 Å². The largest absolute Gasteiger partial charge is 0.497 e. The number of nitrogens with one attached hydrogen (secondary N) is 3. The second-order valence-corrected chi connectivity index (χ2v) is 7.13. The van der Waals surface area contributed by atoms with E-state index in [-0.39, 0.29) is 11.3 Å². The van der Waals surface area contributed by atoms with Crippen LogP contribution < -0.4 is 25.5 Å². The van der Waals surface area contributed by atoms with E-state index in [1.165, 1.54) is 26.5 Å². The number of rotatable bonds is 7. The van der Waals surface area contributed by atoms with Crippen molar-refractivity contribution in [1.82, 2.24) is 5.43 Å². The molecule has 0 aliphatic carbocycles. The Morgan fingerprint density at radius 2 is 1.59 bits per heavy atom. The molecule has 3 aromatic carbocycles. The Morgan fingerprint density at radius 3 is 2.29 bits per heavy atom. The fourth-order valence-corrected chi connectivity index (χ4v) is 2.96. The smallest absolute Gasteiger partial charge is 0.329 e. The van der Waals surface area contributed by atoms with Gasteiger partial charge in [0.05, 0.1) is 31.7 Å². The number of para-hydroxylation sites is 1. The monoisotopic (exact) mass is 460 g/mol. The topological polar surface area (TPSA) is 118 Å². The Bertz CT molecular complexity index is 1220. The van der Waals surface area contributed by atoms with Gasteiger partial charge in [-0.25, -0.2) is 5.43 Å². The molecule has 0 radical (unpaired) electrons. The average molecular weight is 460 g/mol. The number of nitrogens with zero attached hydrogens (tertiary/aromatic N) is 1. The van der Waals surface area contributed by atoms with Gasteiger partial charge >= 0.3 is 11.8 Å². The van der Waals surface area contributed by atoms with Gasteiger partial charge in [0.2, 0.25) is 0 Å². The van der Waals surface area contributed by atoms with Crippen LogP contribution in [0.25, 0.3) is 0 Å². The minimum atomic E-state index is -1.01. The number of benzene rings is 3. The zero-order valence-electron chi connectivity index (χ0n) is 18.9. The van der Waals surface area contributed by atoms with E-state index in [0.29, 0.717) is 22.7 Å². The van der Waals surface area contributed by atoms with Gasteiger partial charge in [0.25, 0.3) is 5.91 Å². The molecule has 9 nitrogen and oxygen atoms in total. The number of carbonyl (C=O) groups is 3. The van der Waals surface area contributed by atoms with Gasteiger partial charge in [-0.15, -0.1) is 0 Å². The van der Waals surface area contributed by atoms with Crippen LogP contribution in [-0.4, -0.2) is 38.2 Å². The Labute approximate surface area is 196 Å². The number of hydrogen-bond donors (Lipinski definition) is 3. The third-order valence-electron chi connectivity index (χ3n) is 4.74. The highest BCUT2D eigenvalue weighted by atomic mass is 16.5. The number of methoxy groups -OCH3 is 2. The Hall–Kier alpha value is -4.66. The van der Waals surface area contributed by atoms with Gasteiger partial charge in [0, 0.05) is 11.3 Å². The van der Waals surface area contributed by atoms with E-state index >= 15 is 0 Å². The lowest BCUT2D eigenvalue weighted by atomic mass is 10.1. The zero-order chi connectivity index (χ0) is 24.5. The van der Waals surface area contributed by atoms with Crippen molar-refractivity contribution >= 4 is 35.3 Å². The maximum absolute atomic E-state index is 12.7. The zero-order valence-corrected chi connectivity index (χ0v) is 18.9. The van der Waals surface area contributed by atoms with E-state index in [1.807, 2.05) is 19.1 Å². The summed E-state index contributed by atoms with van der Waals surface area (Å²) >= 11 is 0. The summed E-state index contributed by atoms with van der Waals surface area (Å²) in [6, 6.07) is 18.7. The molecule has 0 unspecified atom stereocenters. The molecule has 0 atom stereocenters. The summed E-state index contributed by atoms with van der Waals surface area (Å²) in [5, 5.41) is 9.02. The van der Waals surface area contributed by atoms with Crippen molar-refractivity contribution in [1.29, 1.82) is 0 Å². The summed E-state index contributed by atoms with van der Waals surface area (Å²) in [5.41, 5.74) is 4.75. The third-order valence-corrected chi connectivity index (χ3v) is 4.74. The fraction of sp³-hybridized carbons (Fsp3) is 0.120. The second kappa shape index (κ2) is 11.3. The molecule has 174 valence electrons. The standard InChI is InChI=1S/C25H24N4O5/c1-16-8-10-18(11-9-16)27-23(30)20-6-4-5-7-21(20)28-24(31)25(32)29-26-15-17-14-19(33-2)12-13-22(17)34-3/h4-15H,1-3H3,(H,27,30)(H,28,31)(H,29,32)/b26-15+. The first kappa shape index (κ1) is 24.0. The predicted octanol–water partition coefficient (Wildman–Crippen LogP) is 3.35. The third kappa shape index (κ3) is 6.19. The van der Waals surface area contributed by atoms with Crippen LogP contribution in [0.5, 0.6) is 11.5 Å². The van der Waals surface area contributed by atoms with E-state index in [4.69, 9.17) is 9.47 Å². The van der Waals surface area contributed by atoms with Crippen LogP contribution in [0, 0.1) is 6.92 Å². The van der Waals surface area contributed by atoms with Crippen LogP contribution >= 0.6 is 0 Å². The van der Waals surface area contributed by atoms with Gasteiger partial charge in [0.1, 0.15) is 11.5 Å². The second-order valence-electron chi connectivity index (χ2n) is 7.13. The van der Waals surface area contributed by atoms with Gasteiger partial charge in [-0.05, 0) is 49.4 Å². The lowest BCUT2D eigenvalue weighted by Gasteiger charge is -2.11. The first-order valence-corrected chi connectivity index (χ1v) is 10.2. The lowest BCUT2D eigenvalue weighted by molar-refractivity contribution is -0.136. The highest BCUT2D eigenvalue weighted by molar-refractivity contribution is 6.40. The van der Waals surface area contributed by atoms with E-state index < -0.39 is 17.7 Å².